The van der Waals surface area contributed by atoms with Crippen molar-refractivity contribution in [3.05, 3.63) is 42.1 Å². The third-order valence-corrected chi connectivity index (χ3v) is 3.77. The average Bonchev–Trinajstić information content (AvgIpc) is 2.91. The third kappa shape index (κ3) is 3.10. The Morgan fingerprint density at radius 1 is 1.10 bits per heavy atom. The fourth-order valence-electron chi connectivity index (χ4n) is 2.61. The molecule has 0 bridgehead atoms. The summed E-state index contributed by atoms with van der Waals surface area (Å²) in [4.78, 5) is 0. The lowest BCUT2D eigenvalue weighted by molar-refractivity contribution is 0.432. The summed E-state index contributed by atoms with van der Waals surface area (Å²) in [5, 5.41) is 8.07. The van der Waals surface area contributed by atoms with Gasteiger partial charge in [0.1, 0.15) is 0 Å². The van der Waals surface area contributed by atoms with Crippen LogP contribution < -0.4 is 5.32 Å². The summed E-state index contributed by atoms with van der Waals surface area (Å²) in [6.07, 6.45) is 4.24. The van der Waals surface area contributed by atoms with E-state index in [-0.39, 0.29) is 0 Å². The van der Waals surface area contributed by atoms with Crippen molar-refractivity contribution in [3.63, 3.8) is 0 Å². The molecule has 20 heavy (non-hydrogen) atoms. The highest BCUT2D eigenvalue weighted by Gasteiger charge is 2.17. The van der Waals surface area contributed by atoms with E-state index in [9.17, 15) is 0 Å². The standard InChI is InChI=1S/C17H25N3/c1-4-16(5-2)20-17(14-10-8-7-9-11-14)15(13-19-20)12-18-6-3/h7-11,13,16,18H,4-6,12H2,1-3H3. The van der Waals surface area contributed by atoms with Gasteiger partial charge in [0.2, 0.25) is 0 Å². The van der Waals surface area contributed by atoms with Gasteiger partial charge in [-0.2, -0.15) is 5.10 Å². The van der Waals surface area contributed by atoms with Gasteiger partial charge in [-0.25, -0.2) is 0 Å². The highest BCUT2D eigenvalue weighted by atomic mass is 15.3. The van der Waals surface area contributed by atoms with Gasteiger partial charge in [0.25, 0.3) is 0 Å². The van der Waals surface area contributed by atoms with Gasteiger partial charge in [-0.1, -0.05) is 51.1 Å². The molecule has 0 aliphatic heterocycles. The molecule has 0 amide bonds. The van der Waals surface area contributed by atoms with Gasteiger partial charge in [0.05, 0.1) is 17.9 Å². The van der Waals surface area contributed by atoms with Crippen molar-refractivity contribution in [1.82, 2.24) is 15.1 Å². The lowest BCUT2D eigenvalue weighted by atomic mass is 10.1. The number of hydrogen-bond donors (Lipinski definition) is 1. The molecule has 2 aromatic rings. The first kappa shape index (κ1) is 14.8. The molecule has 0 spiro atoms. The Labute approximate surface area is 122 Å². The molecule has 1 N–H and O–H groups in total. The maximum Gasteiger partial charge on any atom is 0.0730 e. The lowest BCUT2D eigenvalue weighted by Crippen LogP contribution is -2.14. The number of benzene rings is 1. The molecule has 0 fully saturated rings. The first-order valence-corrected chi connectivity index (χ1v) is 7.64. The van der Waals surface area contributed by atoms with Crippen molar-refractivity contribution in [2.24, 2.45) is 0 Å². The number of nitrogens with zero attached hydrogens (tertiary/aromatic N) is 2. The minimum Gasteiger partial charge on any atom is -0.313 e. The van der Waals surface area contributed by atoms with Gasteiger partial charge < -0.3 is 5.32 Å². The van der Waals surface area contributed by atoms with Crippen molar-refractivity contribution >= 4 is 0 Å². The number of hydrogen-bond acceptors (Lipinski definition) is 2. The third-order valence-electron chi connectivity index (χ3n) is 3.77. The summed E-state index contributed by atoms with van der Waals surface area (Å²) in [6.45, 7) is 8.45. The second-order valence-corrected chi connectivity index (χ2v) is 5.08. The molecule has 3 heteroatoms. The molecule has 0 atom stereocenters. The Hall–Kier alpha value is -1.61. The fraction of sp³-hybridized carbons (Fsp3) is 0.471. The number of rotatable bonds is 7. The van der Waals surface area contributed by atoms with Crippen LogP contribution in [-0.2, 0) is 6.54 Å². The summed E-state index contributed by atoms with van der Waals surface area (Å²) >= 11 is 0. The molecule has 1 aromatic carbocycles. The summed E-state index contributed by atoms with van der Waals surface area (Å²) < 4.78 is 2.21. The van der Waals surface area contributed by atoms with Crippen LogP contribution in [0.5, 0.6) is 0 Å². The first-order valence-electron chi connectivity index (χ1n) is 7.64. The molecular formula is C17H25N3. The Bertz CT molecular complexity index is 512. The molecule has 0 radical (unpaired) electrons. The molecule has 1 aromatic heterocycles. The van der Waals surface area contributed by atoms with Crippen LogP contribution in [0.15, 0.2) is 36.5 Å². The number of nitrogens with one attached hydrogen (secondary N) is 1. The fourth-order valence-corrected chi connectivity index (χ4v) is 2.61. The zero-order valence-corrected chi connectivity index (χ0v) is 12.8. The molecule has 0 saturated heterocycles. The van der Waals surface area contributed by atoms with E-state index in [1.807, 2.05) is 6.20 Å². The molecule has 0 unspecified atom stereocenters. The van der Waals surface area contributed by atoms with Crippen LogP contribution in [-0.4, -0.2) is 16.3 Å². The number of aromatic nitrogens is 2. The van der Waals surface area contributed by atoms with E-state index in [1.54, 1.807) is 0 Å². The molecule has 0 saturated carbocycles. The quantitative estimate of drug-likeness (QED) is 0.824. The molecule has 108 valence electrons. The van der Waals surface area contributed by atoms with E-state index in [1.165, 1.54) is 16.8 Å². The van der Waals surface area contributed by atoms with Crippen molar-refractivity contribution in [3.8, 4) is 11.3 Å². The van der Waals surface area contributed by atoms with Crippen LogP contribution in [0.2, 0.25) is 0 Å². The Kier molecular flexibility index (Phi) is 5.36. The van der Waals surface area contributed by atoms with Gasteiger partial charge in [0.15, 0.2) is 0 Å². The second kappa shape index (κ2) is 7.25. The first-order chi connectivity index (χ1) is 9.81. The van der Waals surface area contributed by atoms with E-state index in [4.69, 9.17) is 0 Å². The van der Waals surface area contributed by atoms with E-state index in [0.29, 0.717) is 6.04 Å². The highest BCUT2D eigenvalue weighted by molar-refractivity contribution is 5.63. The summed E-state index contributed by atoms with van der Waals surface area (Å²) in [5.41, 5.74) is 3.80. The SMILES string of the molecule is CCNCc1cnn(C(CC)CC)c1-c1ccccc1. The minimum atomic E-state index is 0.473. The molecule has 0 aliphatic carbocycles. The summed E-state index contributed by atoms with van der Waals surface area (Å²) in [6, 6.07) is 11.1. The van der Waals surface area contributed by atoms with Crippen molar-refractivity contribution in [2.45, 2.75) is 46.2 Å². The lowest BCUT2D eigenvalue weighted by Gasteiger charge is -2.18. The Morgan fingerprint density at radius 3 is 2.40 bits per heavy atom. The van der Waals surface area contributed by atoms with Crippen LogP contribution in [0, 0.1) is 0 Å². The van der Waals surface area contributed by atoms with Crippen molar-refractivity contribution < 1.29 is 0 Å². The Balaban J connectivity index is 2.45. The largest absolute Gasteiger partial charge is 0.313 e. The van der Waals surface area contributed by atoms with E-state index >= 15 is 0 Å². The zero-order valence-electron chi connectivity index (χ0n) is 12.8. The van der Waals surface area contributed by atoms with Gasteiger partial charge in [-0.15, -0.1) is 0 Å². The van der Waals surface area contributed by atoms with E-state index < -0.39 is 0 Å². The van der Waals surface area contributed by atoms with Crippen LogP contribution >= 0.6 is 0 Å². The predicted molar refractivity (Wildman–Crippen MR) is 84.7 cm³/mol. The normalized spacial score (nSPS) is 11.2. The molecule has 2 rings (SSSR count). The topological polar surface area (TPSA) is 29.9 Å². The predicted octanol–water partition coefficient (Wildman–Crippen LogP) is 4.02. The molecular weight excluding hydrogens is 246 g/mol. The summed E-state index contributed by atoms with van der Waals surface area (Å²) in [5.74, 6) is 0. The molecule has 0 aliphatic rings. The van der Waals surface area contributed by atoms with Gasteiger partial charge in [0, 0.05) is 17.7 Å². The van der Waals surface area contributed by atoms with Gasteiger partial charge >= 0.3 is 0 Å². The minimum absolute atomic E-state index is 0.473. The van der Waals surface area contributed by atoms with Crippen LogP contribution in [0.1, 0.15) is 45.2 Å². The maximum atomic E-state index is 4.66. The Morgan fingerprint density at radius 2 is 1.80 bits per heavy atom. The van der Waals surface area contributed by atoms with E-state index in [0.717, 1.165) is 25.9 Å². The summed E-state index contributed by atoms with van der Waals surface area (Å²) in [7, 11) is 0. The smallest absolute Gasteiger partial charge is 0.0730 e. The maximum absolute atomic E-state index is 4.66. The van der Waals surface area contributed by atoms with Crippen molar-refractivity contribution in [1.29, 1.82) is 0 Å². The molecule has 1 heterocycles. The molecule has 3 nitrogen and oxygen atoms in total. The van der Waals surface area contributed by atoms with Crippen LogP contribution in [0.4, 0.5) is 0 Å². The zero-order chi connectivity index (χ0) is 14.4. The highest BCUT2D eigenvalue weighted by Crippen LogP contribution is 2.28. The van der Waals surface area contributed by atoms with Gasteiger partial charge in [-0.3, -0.25) is 4.68 Å². The van der Waals surface area contributed by atoms with Crippen LogP contribution in [0.3, 0.4) is 0 Å². The van der Waals surface area contributed by atoms with Crippen molar-refractivity contribution in [2.75, 3.05) is 6.54 Å². The monoisotopic (exact) mass is 271 g/mol. The van der Waals surface area contributed by atoms with E-state index in [2.05, 4.69) is 66.2 Å². The van der Waals surface area contributed by atoms with Gasteiger partial charge in [-0.05, 0) is 19.4 Å². The second-order valence-electron chi connectivity index (χ2n) is 5.08. The van der Waals surface area contributed by atoms with Crippen LogP contribution in [0.25, 0.3) is 11.3 Å². The average molecular weight is 271 g/mol.